The smallest absolute Gasteiger partial charge is 0.131 e. The minimum absolute atomic E-state index is 0.103. The maximum atomic E-state index is 13.6. The van der Waals surface area contributed by atoms with Gasteiger partial charge in [0.1, 0.15) is 11.6 Å². The number of aryl methyl sites for hydroxylation is 1. The lowest BCUT2D eigenvalue weighted by molar-refractivity contribution is 0.543. The SMILES string of the molecule is Cc1ccc(C(N)c2c(F)cccc2F)cc1Br. The van der Waals surface area contributed by atoms with Crippen molar-refractivity contribution in [1.82, 2.24) is 0 Å². The van der Waals surface area contributed by atoms with E-state index in [1.54, 1.807) is 12.1 Å². The molecule has 0 aliphatic heterocycles. The fraction of sp³-hybridized carbons (Fsp3) is 0.143. The van der Waals surface area contributed by atoms with Crippen molar-refractivity contribution in [3.8, 4) is 0 Å². The molecule has 2 N–H and O–H groups in total. The van der Waals surface area contributed by atoms with Crippen LogP contribution < -0.4 is 5.73 Å². The highest BCUT2D eigenvalue weighted by Crippen LogP contribution is 2.27. The van der Waals surface area contributed by atoms with Crippen molar-refractivity contribution in [2.75, 3.05) is 0 Å². The average Bonchev–Trinajstić information content (AvgIpc) is 2.32. The number of hydrogen-bond donors (Lipinski definition) is 1. The van der Waals surface area contributed by atoms with Crippen molar-refractivity contribution in [2.24, 2.45) is 5.73 Å². The summed E-state index contributed by atoms with van der Waals surface area (Å²) in [6, 6.07) is 8.35. The summed E-state index contributed by atoms with van der Waals surface area (Å²) in [5.74, 6) is -1.25. The zero-order valence-corrected chi connectivity index (χ0v) is 11.3. The lowest BCUT2D eigenvalue weighted by Gasteiger charge is -2.15. The number of nitrogens with two attached hydrogens (primary N) is 1. The Bertz CT molecular complexity index is 564. The molecule has 0 amide bonds. The molecule has 4 heteroatoms. The molecule has 2 aromatic rings. The van der Waals surface area contributed by atoms with Gasteiger partial charge in [0.15, 0.2) is 0 Å². The van der Waals surface area contributed by atoms with Crippen LogP contribution in [0.1, 0.15) is 22.7 Å². The Morgan fingerprint density at radius 3 is 2.28 bits per heavy atom. The first kappa shape index (κ1) is 13.2. The summed E-state index contributed by atoms with van der Waals surface area (Å²) < 4.78 is 28.1. The monoisotopic (exact) mass is 311 g/mol. The first-order valence-corrected chi connectivity index (χ1v) is 6.25. The van der Waals surface area contributed by atoms with Crippen LogP contribution >= 0.6 is 15.9 Å². The second-order valence-electron chi connectivity index (χ2n) is 4.12. The van der Waals surface area contributed by atoms with Crippen molar-refractivity contribution >= 4 is 15.9 Å². The van der Waals surface area contributed by atoms with E-state index in [4.69, 9.17) is 5.73 Å². The van der Waals surface area contributed by atoms with E-state index in [0.29, 0.717) is 5.56 Å². The van der Waals surface area contributed by atoms with Crippen LogP contribution in [0, 0.1) is 18.6 Å². The van der Waals surface area contributed by atoms with E-state index >= 15 is 0 Å². The minimum atomic E-state index is -0.817. The molecule has 0 saturated carbocycles. The fourth-order valence-electron chi connectivity index (χ4n) is 1.78. The van der Waals surface area contributed by atoms with Gasteiger partial charge in [-0.1, -0.05) is 34.1 Å². The Balaban J connectivity index is 2.48. The molecule has 1 nitrogen and oxygen atoms in total. The average molecular weight is 312 g/mol. The van der Waals surface area contributed by atoms with Crippen LogP contribution in [0.3, 0.4) is 0 Å². The van der Waals surface area contributed by atoms with Gasteiger partial charge in [0.25, 0.3) is 0 Å². The van der Waals surface area contributed by atoms with E-state index in [0.717, 1.165) is 10.0 Å². The van der Waals surface area contributed by atoms with Gasteiger partial charge in [0.2, 0.25) is 0 Å². The van der Waals surface area contributed by atoms with Crippen LogP contribution in [0.5, 0.6) is 0 Å². The van der Waals surface area contributed by atoms with Crippen LogP contribution in [-0.4, -0.2) is 0 Å². The molecule has 1 atom stereocenters. The molecular formula is C14H12BrF2N. The Hall–Kier alpha value is -1.26. The first-order chi connectivity index (χ1) is 8.50. The van der Waals surface area contributed by atoms with Crippen molar-refractivity contribution in [2.45, 2.75) is 13.0 Å². The fourth-order valence-corrected chi connectivity index (χ4v) is 2.17. The molecule has 0 aliphatic carbocycles. The maximum absolute atomic E-state index is 13.6. The van der Waals surface area contributed by atoms with Crippen LogP contribution in [-0.2, 0) is 0 Å². The molecule has 0 aliphatic rings. The largest absolute Gasteiger partial charge is 0.320 e. The molecule has 2 rings (SSSR count). The molecule has 0 radical (unpaired) electrons. The maximum Gasteiger partial charge on any atom is 0.131 e. The third kappa shape index (κ3) is 2.44. The molecular weight excluding hydrogens is 300 g/mol. The van der Waals surface area contributed by atoms with Gasteiger partial charge in [0.05, 0.1) is 6.04 Å². The topological polar surface area (TPSA) is 26.0 Å². The second-order valence-corrected chi connectivity index (χ2v) is 4.98. The van der Waals surface area contributed by atoms with E-state index in [1.807, 2.05) is 13.0 Å². The van der Waals surface area contributed by atoms with Gasteiger partial charge in [0, 0.05) is 10.0 Å². The van der Waals surface area contributed by atoms with Crippen molar-refractivity contribution in [3.05, 3.63) is 69.2 Å². The highest BCUT2D eigenvalue weighted by atomic mass is 79.9. The molecule has 0 heterocycles. The number of halogens is 3. The summed E-state index contributed by atoms with van der Waals surface area (Å²) >= 11 is 3.38. The van der Waals surface area contributed by atoms with Gasteiger partial charge in [-0.25, -0.2) is 8.78 Å². The van der Waals surface area contributed by atoms with E-state index in [1.165, 1.54) is 18.2 Å². The Kier molecular flexibility index (Phi) is 3.78. The molecule has 0 bridgehead atoms. The summed E-state index contributed by atoms with van der Waals surface area (Å²) in [6.45, 7) is 1.93. The highest BCUT2D eigenvalue weighted by Gasteiger charge is 2.18. The van der Waals surface area contributed by atoms with Crippen LogP contribution in [0.4, 0.5) is 8.78 Å². The van der Waals surface area contributed by atoms with Crippen LogP contribution in [0.2, 0.25) is 0 Å². The standard InChI is InChI=1S/C14H12BrF2N/c1-8-5-6-9(7-10(8)15)14(18)13-11(16)3-2-4-12(13)17/h2-7,14H,18H2,1H3. The van der Waals surface area contributed by atoms with Gasteiger partial charge in [-0.05, 0) is 36.2 Å². The minimum Gasteiger partial charge on any atom is -0.320 e. The van der Waals surface area contributed by atoms with Gasteiger partial charge < -0.3 is 5.73 Å². The lowest BCUT2D eigenvalue weighted by Crippen LogP contribution is -2.15. The number of benzene rings is 2. The predicted molar refractivity (Wildman–Crippen MR) is 71.3 cm³/mol. The number of hydrogen-bond acceptors (Lipinski definition) is 1. The summed E-state index contributed by atoms with van der Waals surface area (Å²) in [7, 11) is 0. The van der Waals surface area contributed by atoms with Crippen molar-refractivity contribution in [1.29, 1.82) is 0 Å². The zero-order chi connectivity index (χ0) is 13.3. The van der Waals surface area contributed by atoms with Gasteiger partial charge >= 0.3 is 0 Å². The Morgan fingerprint density at radius 1 is 1.11 bits per heavy atom. The molecule has 0 fully saturated rings. The molecule has 94 valence electrons. The quantitative estimate of drug-likeness (QED) is 0.888. The first-order valence-electron chi connectivity index (χ1n) is 5.46. The zero-order valence-electron chi connectivity index (χ0n) is 9.75. The predicted octanol–water partition coefficient (Wildman–Crippen LogP) is 4.08. The lowest BCUT2D eigenvalue weighted by atomic mass is 9.98. The second kappa shape index (κ2) is 5.16. The Morgan fingerprint density at radius 2 is 1.72 bits per heavy atom. The summed E-state index contributed by atoms with van der Waals surface area (Å²) in [4.78, 5) is 0. The molecule has 0 aromatic heterocycles. The third-order valence-electron chi connectivity index (χ3n) is 2.87. The molecule has 18 heavy (non-hydrogen) atoms. The Labute approximate surface area is 113 Å². The van der Waals surface area contributed by atoms with Crippen molar-refractivity contribution < 1.29 is 8.78 Å². The van der Waals surface area contributed by atoms with Gasteiger partial charge in [-0.3, -0.25) is 0 Å². The van der Waals surface area contributed by atoms with Gasteiger partial charge in [-0.15, -0.1) is 0 Å². The number of rotatable bonds is 2. The molecule has 0 spiro atoms. The van der Waals surface area contributed by atoms with E-state index < -0.39 is 17.7 Å². The highest BCUT2D eigenvalue weighted by molar-refractivity contribution is 9.10. The van der Waals surface area contributed by atoms with E-state index in [-0.39, 0.29) is 5.56 Å². The molecule has 2 aromatic carbocycles. The van der Waals surface area contributed by atoms with E-state index in [9.17, 15) is 8.78 Å². The van der Waals surface area contributed by atoms with E-state index in [2.05, 4.69) is 15.9 Å². The summed E-state index contributed by atoms with van der Waals surface area (Å²) in [5.41, 5.74) is 7.54. The van der Waals surface area contributed by atoms with Crippen molar-refractivity contribution in [3.63, 3.8) is 0 Å². The van der Waals surface area contributed by atoms with Crippen LogP contribution in [0.15, 0.2) is 40.9 Å². The third-order valence-corrected chi connectivity index (χ3v) is 3.72. The van der Waals surface area contributed by atoms with Gasteiger partial charge in [-0.2, -0.15) is 0 Å². The summed E-state index contributed by atoms with van der Waals surface area (Å²) in [5, 5.41) is 0. The van der Waals surface area contributed by atoms with Crippen LogP contribution in [0.25, 0.3) is 0 Å². The summed E-state index contributed by atoms with van der Waals surface area (Å²) in [6.07, 6.45) is 0. The molecule has 1 unspecified atom stereocenters. The molecule has 0 saturated heterocycles. The normalized spacial score (nSPS) is 12.5.